The summed E-state index contributed by atoms with van der Waals surface area (Å²) in [7, 11) is 1.96. The van der Waals surface area contributed by atoms with Gasteiger partial charge in [-0.2, -0.15) is 0 Å². The maximum Gasteiger partial charge on any atom is 0.363 e. The van der Waals surface area contributed by atoms with E-state index < -0.39 is 4.92 Å². The number of piperidine rings is 1. The van der Waals surface area contributed by atoms with Gasteiger partial charge in [0, 0.05) is 18.7 Å². The van der Waals surface area contributed by atoms with Crippen molar-refractivity contribution in [1.29, 1.82) is 0 Å². The highest BCUT2D eigenvalue weighted by Crippen LogP contribution is 2.26. The Hall–Kier alpha value is -1.69. The second kappa shape index (κ2) is 6.47. The molecule has 104 valence electrons. The van der Waals surface area contributed by atoms with Crippen molar-refractivity contribution < 1.29 is 4.92 Å². The van der Waals surface area contributed by atoms with Crippen LogP contribution < -0.4 is 10.2 Å². The van der Waals surface area contributed by atoms with Crippen molar-refractivity contribution >= 4 is 11.5 Å². The lowest BCUT2D eigenvalue weighted by molar-refractivity contribution is -0.389. The summed E-state index contributed by atoms with van der Waals surface area (Å²) in [5.74, 6) is -0.0902. The lowest BCUT2D eigenvalue weighted by Crippen LogP contribution is -2.41. The Kier molecular flexibility index (Phi) is 4.68. The molecule has 0 aliphatic carbocycles. The maximum atomic E-state index is 10.6. The highest BCUT2D eigenvalue weighted by atomic mass is 16.6. The zero-order valence-corrected chi connectivity index (χ0v) is 11.2. The van der Waals surface area contributed by atoms with E-state index in [4.69, 9.17) is 0 Å². The lowest BCUT2D eigenvalue weighted by Gasteiger charge is -2.37. The van der Waals surface area contributed by atoms with E-state index in [0.29, 0.717) is 6.04 Å². The van der Waals surface area contributed by atoms with E-state index in [1.165, 1.54) is 25.3 Å². The molecule has 19 heavy (non-hydrogen) atoms. The number of aromatic nitrogens is 1. The van der Waals surface area contributed by atoms with Crippen LogP contribution in [0.15, 0.2) is 18.3 Å². The number of rotatable bonds is 5. The first-order valence-electron chi connectivity index (χ1n) is 6.74. The molecule has 0 radical (unpaired) electrons. The smallest absolute Gasteiger partial charge is 0.363 e. The molecule has 0 amide bonds. The number of anilines is 1. The maximum absolute atomic E-state index is 10.6. The number of nitrogens with one attached hydrogen (secondary N) is 1. The van der Waals surface area contributed by atoms with Gasteiger partial charge in [0.25, 0.3) is 0 Å². The quantitative estimate of drug-likeness (QED) is 0.650. The predicted molar refractivity (Wildman–Crippen MR) is 74.4 cm³/mol. The normalized spacial score (nSPS) is 19.4. The van der Waals surface area contributed by atoms with E-state index in [9.17, 15) is 10.1 Å². The predicted octanol–water partition coefficient (Wildman–Crippen LogP) is 1.96. The molecule has 0 bridgehead atoms. The molecule has 2 heterocycles. The van der Waals surface area contributed by atoms with Crippen molar-refractivity contribution in [2.75, 3.05) is 25.0 Å². The van der Waals surface area contributed by atoms with Gasteiger partial charge < -0.3 is 20.3 Å². The molecule has 1 fully saturated rings. The molecule has 6 nitrogen and oxygen atoms in total. The van der Waals surface area contributed by atoms with E-state index in [1.54, 1.807) is 6.20 Å². The number of nitro groups is 1. The van der Waals surface area contributed by atoms with Gasteiger partial charge in [-0.25, -0.2) is 0 Å². The molecule has 0 aromatic carbocycles. The lowest BCUT2D eigenvalue weighted by atomic mass is 9.98. The van der Waals surface area contributed by atoms with Gasteiger partial charge in [0.2, 0.25) is 0 Å². The second-order valence-electron chi connectivity index (χ2n) is 4.87. The van der Waals surface area contributed by atoms with Gasteiger partial charge in [0.1, 0.15) is 0 Å². The molecule has 1 N–H and O–H groups in total. The van der Waals surface area contributed by atoms with Crippen molar-refractivity contribution in [3.8, 4) is 0 Å². The van der Waals surface area contributed by atoms with Gasteiger partial charge in [-0.15, -0.1) is 0 Å². The Balaban J connectivity index is 2.10. The Labute approximate surface area is 113 Å². The van der Waals surface area contributed by atoms with Crippen LogP contribution in [0.4, 0.5) is 11.5 Å². The van der Waals surface area contributed by atoms with Crippen molar-refractivity contribution in [2.45, 2.75) is 31.7 Å². The minimum Gasteiger partial charge on any atom is -0.365 e. The molecule has 1 saturated heterocycles. The summed E-state index contributed by atoms with van der Waals surface area (Å²) >= 11 is 0. The van der Waals surface area contributed by atoms with Crippen LogP contribution >= 0.6 is 0 Å². The fourth-order valence-electron chi connectivity index (χ4n) is 2.61. The topological polar surface area (TPSA) is 71.3 Å². The molecule has 2 rings (SSSR count). The highest BCUT2D eigenvalue weighted by molar-refractivity contribution is 5.47. The number of nitrogens with zero attached hydrogens (tertiary/aromatic N) is 3. The third-order valence-corrected chi connectivity index (χ3v) is 3.61. The summed E-state index contributed by atoms with van der Waals surface area (Å²) in [6, 6.07) is 3.80. The molecule has 1 aliphatic rings. The zero-order chi connectivity index (χ0) is 13.7. The first kappa shape index (κ1) is 13.7. The summed E-state index contributed by atoms with van der Waals surface area (Å²) in [5, 5.41) is 13.8. The SMILES string of the molecule is CNCCC1CCCCN1c1ccc([N+](=O)[O-])nc1. The second-order valence-corrected chi connectivity index (χ2v) is 4.87. The largest absolute Gasteiger partial charge is 0.365 e. The summed E-state index contributed by atoms with van der Waals surface area (Å²) in [6.45, 7) is 2.00. The Morgan fingerprint density at radius 1 is 1.53 bits per heavy atom. The van der Waals surface area contributed by atoms with Gasteiger partial charge in [-0.1, -0.05) is 0 Å². The fourth-order valence-corrected chi connectivity index (χ4v) is 2.61. The summed E-state index contributed by atoms with van der Waals surface area (Å²) in [4.78, 5) is 16.4. The van der Waals surface area contributed by atoms with E-state index >= 15 is 0 Å². The summed E-state index contributed by atoms with van der Waals surface area (Å²) in [5.41, 5.74) is 0.992. The first-order valence-corrected chi connectivity index (χ1v) is 6.74. The zero-order valence-electron chi connectivity index (χ0n) is 11.2. The van der Waals surface area contributed by atoms with Crippen LogP contribution in [0.1, 0.15) is 25.7 Å². The van der Waals surface area contributed by atoms with Crippen molar-refractivity contribution in [3.05, 3.63) is 28.4 Å². The molecular formula is C13H20N4O2. The van der Waals surface area contributed by atoms with Crippen LogP contribution in [-0.4, -0.2) is 36.1 Å². The Morgan fingerprint density at radius 2 is 2.37 bits per heavy atom. The molecule has 1 atom stereocenters. The van der Waals surface area contributed by atoms with Gasteiger partial charge in [-0.3, -0.25) is 0 Å². The van der Waals surface area contributed by atoms with Crippen LogP contribution in [0, 0.1) is 10.1 Å². The van der Waals surface area contributed by atoms with Gasteiger partial charge in [0.05, 0.1) is 5.69 Å². The van der Waals surface area contributed by atoms with Crippen molar-refractivity contribution in [1.82, 2.24) is 10.3 Å². The third-order valence-electron chi connectivity index (χ3n) is 3.61. The number of pyridine rings is 1. The molecule has 0 spiro atoms. The van der Waals surface area contributed by atoms with E-state index in [1.807, 2.05) is 13.1 Å². The van der Waals surface area contributed by atoms with Crippen molar-refractivity contribution in [3.63, 3.8) is 0 Å². The minimum atomic E-state index is -0.460. The first-order chi connectivity index (χ1) is 9.22. The highest BCUT2D eigenvalue weighted by Gasteiger charge is 2.23. The number of hydrogen-bond acceptors (Lipinski definition) is 5. The van der Waals surface area contributed by atoms with Gasteiger partial charge in [-0.05, 0) is 55.2 Å². The van der Waals surface area contributed by atoms with Gasteiger partial charge >= 0.3 is 5.82 Å². The van der Waals surface area contributed by atoms with Crippen molar-refractivity contribution in [2.24, 2.45) is 0 Å². The van der Waals surface area contributed by atoms with E-state index in [-0.39, 0.29) is 5.82 Å². The number of hydrogen-bond donors (Lipinski definition) is 1. The summed E-state index contributed by atoms with van der Waals surface area (Å²) < 4.78 is 0. The van der Waals surface area contributed by atoms with Crippen LogP contribution in [0.5, 0.6) is 0 Å². The van der Waals surface area contributed by atoms with Crippen LogP contribution in [0.3, 0.4) is 0 Å². The molecule has 0 saturated carbocycles. The molecule has 1 aromatic heterocycles. The molecule has 1 unspecified atom stereocenters. The molecule has 6 heteroatoms. The molecule has 1 aliphatic heterocycles. The van der Waals surface area contributed by atoms with Crippen LogP contribution in [-0.2, 0) is 0 Å². The fraction of sp³-hybridized carbons (Fsp3) is 0.615. The standard InChI is InChI=1S/C13H20N4O2/c1-14-8-7-11-4-2-3-9-16(11)12-5-6-13(15-10-12)17(18)19/h5-6,10-11,14H,2-4,7-9H2,1H3. The van der Waals surface area contributed by atoms with Crippen LogP contribution in [0.2, 0.25) is 0 Å². The Morgan fingerprint density at radius 3 is 3.00 bits per heavy atom. The van der Waals surface area contributed by atoms with E-state index in [2.05, 4.69) is 15.2 Å². The van der Waals surface area contributed by atoms with Crippen LogP contribution in [0.25, 0.3) is 0 Å². The monoisotopic (exact) mass is 264 g/mol. The Bertz CT molecular complexity index is 421. The van der Waals surface area contributed by atoms with E-state index in [0.717, 1.165) is 25.2 Å². The summed E-state index contributed by atoms with van der Waals surface area (Å²) in [6.07, 6.45) is 6.32. The average molecular weight is 264 g/mol. The average Bonchev–Trinajstić information content (AvgIpc) is 2.45. The third kappa shape index (κ3) is 3.41. The van der Waals surface area contributed by atoms with Gasteiger partial charge in [0.15, 0.2) is 6.20 Å². The molecule has 1 aromatic rings. The minimum absolute atomic E-state index is 0.0902. The molecular weight excluding hydrogens is 244 g/mol.